The number of nitrogens with one attached hydrogen (secondary N) is 1. The van der Waals surface area contributed by atoms with E-state index in [9.17, 15) is 13.2 Å². The Hall–Kier alpha value is -4.06. The number of benzene rings is 2. The zero-order chi connectivity index (χ0) is 21.1. The second-order valence-corrected chi connectivity index (χ2v) is 6.43. The minimum atomic E-state index is -4.58. The number of hydrogen-bond donors (Lipinski definition) is 1. The fourth-order valence-corrected chi connectivity index (χ4v) is 2.97. The molecule has 0 unspecified atom stereocenters. The Morgan fingerprint density at radius 3 is 2.57 bits per heavy atom. The molecule has 0 saturated carbocycles. The number of halogens is 3. The molecule has 0 atom stereocenters. The van der Waals surface area contributed by atoms with Gasteiger partial charge in [0, 0.05) is 23.6 Å². The topological polar surface area (TPSA) is 79.5 Å². The molecule has 0 amide bonds. The van der Waals surface area contributed by atoms with Gasteiger partial charge in [-0.25, -0.2) is 0 Å². The van der Waals surface area contributed by atoms with Gasteiger partial charge in [0.25, 0.3) is 0 Å². The fraction of sp³-hybridized carbons (Fsp3) is 0.0952. The van der Waals surface area contributed by atoms with Crippen LogP contribution in [0.25, 0.3) is 16.9 Å². The van der Waals surface area contributed by atoms with Crippen molar-refractivity contribution in [2.24, 2.45) is 0 Å². The molecule has 150 valence electrons. The maximum atomic E-state index is 13.4. The van der Waals surface area contributed by atoms with E-state index in [1.165, 1.54) is 6.07 Å². The van der Waals surface area contributed by atoms with Crippen molar-refractivity contribution in [2.45, 2.75) is 12.8 Å². The number of H-pyrrole nitrogens is 1. The first-order valence-electron chi connectivity index (χ1n) is 8.82. The molecule has 0 aliphatic heterocycles. The summed E-state index contributed by atoms with van der Waals surface area (Å²) in [6.45, 7) is 0.0692. The van der Waals surface area contributed by atoms with Crippen LogP contribution in [0, 0.1) is 11.3 Å². The van der Waals surface area contributed by atoms with Gasteiger partial charge < -0.3 is 9.30 Å². The Labute approximate surface area is 169 Å². The van der Waals surface area contributed by atoms with E-state index in [0.29, 0.717) is 0 Å². The van der Waals surface area contributed by atoms with Crippen molar-refractivity contribution in [2.75, 3.05) is 0 Å². The Bertz CT molecular complexity index is 1210. The number of rotatable bonds is 5. The molecule has 1 N–H and O–H groups in total. The zero-order valence-electron chi connectivity index (χ0n) is 15.4. The molecule has 4 aromatic rings. The zero-order valence-corrected chi connectivity index (χ0v) is 15.4. The number of aromatic amines is 1. The number of nitriles is 1. The van der Waals surface area contributed by atoms with Gasteiger partial charge in [-0.1, -0.05) is 12.1 Å². The second kappa shape index (κ2) is 7.75. The molecule has 2 heterocycles. The van der Waals surface area contributed by atoms with Crippen LogP contribution in [0.4, 0.5) is 13.2 Å². The van der Waals surface area contributed by atoms with E-state index in [1.54, 1.807) is 6.07 Å². The van der Waals surface area contributed by atoms with E-state index in [2.05, 4.69) is 15.4 Å². The molecule has 2 aromatic carbocycles. The third-order valence-electron chi connectivity index (χ3n) is 4.38. The molecule has 9 heteroatoms. The first kappa shape index (κ1) is 19.3. The summed E-state index contributed by atoms with van der Waals surface area (Å²) in [6, 6.07) is 16.3. The maximum absolute atomic E-state index is 13.4. The smallest absolute Gasteiger partial charge is 0.416 e. The molecule has 0 bridgehead atoms. The van der Waals surface area contributed by atoms with Crippen molar-refractivity contribution in [1.29, 1.82) is 5.26 Å². The molecule has 0 fully saturated rings. The fourth-order valence-electron chi connectivity index (χ4n) is 2.97. The molecular formula is C21H14F3N5O. The van der Waals surface area contributed by atoms with Gasteiger partial charge in [0.05, 0.1) is 5.56 Å². The van der Waals surface area contributed by atoms with Gasteiger partial charge in [-0.15, -0.1) is 5.10 Å². The third-order valence-corrected chi connectivity index (χ3v) is 4.38. The molecule has 6 nitrogen and oxygen atoms in total. The summed E-state index contributed by atoms with van der Waals surface area (Å²) >= 11 is 0. The van der Waals surface area contributed by atoms with E-state index in [1.807, 2.05) is 53.4 Å². The van der Waals surface area contributed by atoms with Gasteiger partial charge in [-0.2, -0.15) is 28.7 Å². The molecular weight excluding hydrogens is 395 g/mol. The molecule has 0 aliphatic rings. The molecule has 0 radical (unpaired) electrons. The standard InChI is InChI=1S/C21H14F3N5O/c22-21(23,24)16-9-15(20-19(12-25)26-28-27-20)10-18(11-16)30-13-14-4-3-5-17(8-14)29-6-1-2-7-29/h1-11H,13H2,(H,26,27,28). The van der Waals surface area contributed by atoms with Crippen LogP contribution in [0.2, 0.25) is 0 Å². The maximum Gasteiger partial charge on any atom is 0.416 e. The lowest BCUT2D eigenvalue weighted by Crippen LogP contribution is -2.06. The number of hydrogen-bond acceptors (Lipinski definition) is 4. The highest BCUT2D eigenvalue weighted by molar-refractivity contribution is 5.67. The predicted octanol–water partition coefficient (Wildman–Crippen LogP) is 4.73. The minimum Gasteiger partial charge on any atom is -0.489 e. The van der Waals surface area contributed by atoms with Crippen molar-refractivity contribution in [1.82, 2.24) is 20.0 Å². The van der Waals surface area contributed by atoms with Crippen molar-refractivity contribution in [3.05, 3.63) is 83.8 Å². The summed E-state index contributed by atoms with van der Waals surface area (Å²) in [4.78, 5) is 0. The van der Waals surface area contributed by atoms with Gasteiger partial charge in [0.1, 0.15) is 24.1 Å². The van der Waals surface area contributed by atoms with Gasteiger partial charge in [-0.3, -0.25) is 0 Å². The predicted molar refractivity (Wildman–Crippen MR) is 102 cm³/mol. The van der Waals surface area contributed by atoms with E-state index in [-0.39, 0.29) is 29.3 Å². The number of nitrogens with zero attached hydrogens (tertiary/aromatic N) is 4. The van der Waals surface area contributed by atoms with Gasteiger partial charge in [0.2, 0.25) is 0 Å². The van der Waals surface area contributed by atoms with Crippen LogP contribution >= 0.6 is 0 Å². The van der Waals surface area contributed by atoms with E-state index in [0.717, 1.165) is 23.4 Å². The first-order chi connectivity index (χ1) is 14.4. The Kier molecular flexibility index (Phi) is 4.98. The van der Waals surface area contributed by atoms with Gasteiger partial charge >= 0.3 is 6.18 Å². The Morgan fingerprint density at radius 1 is 1.03 bits per heavy atom. The van der Waals surface area contributed by atoms with Crippen molar-refractivity contribution in [3.8, 4) is 28.8 Å². The number of aromatic nitrogens is 4. The Balaban J connectivity index is 1.64. The average Bonchev–Trinajstić information content (AvgIpc) is 3.43. The summed E-state index contributed by atoms with van der Waals surface area (Å²) in [5, 5.41) is 18.8. The highest BCUT2D eigenvalue weighted by Crippen LogP contribution is 2.36. The molecule has 0 aliphatic carbocycles. The van der Waals surface area contributed by atoms with Crippen LogP contribution < -0.4 is 4.74 Å². The minimum absolute atomic E-state index is 0.0121. The van der Waals surface area contributed by atoms with Gasteiger partial charge in [0.15, 0.2) is 5.69 Å². The average molecular weight is 409 g/mol. The van der Waals surface area contributed by atoms with E-state index >= 15 is 0 Å². The Morgan fingerprint density at radius 2 is 1.83 bits per heavy atom. The van der Waals surface area contributed by atoms with Crippen LogP contribution in [0.3, 0.4) is 0 Å². The largest absolute Gasteiger partial charge is 0.489 e. The van der Waals surface area contributed by atoms with Crippen LogP contribution in [0.5, 0.6) is 5.75 Å². The molecule has 4 rings (SSSR count). The van der Waals surface area contributed by atoms with E-state index < -0.39 is 11.7 Å². The van der Waals surface area contributed by atoms with Crippen molar-refractivity contribution >= 4 is 0 Å². The molecule has 0 spiro atoms. The molecule has 0 saturated heterocycles. The van der Waals surface area contributed by atoms with Crippen LogP contribution in [-0.4, -0.2) is 20.0 Å². The number of alkyl halides is 3. The lowest BCUT2D eigenvalue weighted by atomic mass is 10.1. The van der Waals surface area contributed by atoms with E-state index in [4.69, 9.17) is 10.00 Å². The van der Waals surface area contributed by atoms with Gasteiger partial charge in [-0.05, 0) is 48.0 Å². The monoisotopic (exact) mass is 409 g/mol. The molecule has 30 heavy (non-hydrogen) atoms. The second-order valence-electron chi connectivity index (χ2n) is 6.43. The highest BCUT2D eigenvalue weighted by atomic mass is 19.4. The molecule has 2 aromatic heterocycles. The van der Waals surface area contributed by atoms with Crippen LogP contribution in [0.15, 0.2) is 67.0 Å². The highest BCUT2D eigenvalue weighted by Gasteiger charge is 2.32. The summed E-state index contributed by atoms with van der Waals surface area (Å²) < 4.78 is 47.7. The third kappa shape index (κ3) is 4.03. The van der Waals surface area contributed by atoms with Crippen LogP contribution in [-0.2, 0) is 12.8 Å². The summed E-state index contributed by atoms with van der Waals surface area (Å²) in [5.41, 5.74) is 0.823. The quantitative estimate of drug-likeness (QED) is 0.517. The SMILES string of the molecule is N#Cc1n[nH]nc1-c1cc(OCc2cccc(-n3cccc3)c2)cc(C(F)(F)F)c1. The first-order valence-corrected chi connectivity index (χ1v) is 8.82. The van der Waals surface area contributed by atoms with Crippen molar-refractivity contribution < 1.29 is 17.9 Å². The van der Waals surface area contributed by atoms with Crippen molar-refractivity contribution in [3.63, 3.8) is 0 Å². The normalized spacial score (nSPS) is 11.3. The lowest BCUT2D eigenvalue weighted by Gasteiger charge is -2.13. The summed E-state index contributed by atoms with van der Waals surface area (Å²) in [7, 11) is 0. The van der Waals surface area contributed by atoms with Crippen LogP contribution in [0.1, 0.15) is 16.8 Å². The lowest BCUT2D eigenvalue weighted by molar-refractivity contribution is -0.137. The summed E-state index contributed by atoms with van der Waals surface area (Å²) in [6.07, 6.45) is -0.799. The summed E-state index contributed by atoms with van der Waals surface area (Å²) in [5.74, 6) is 0.0121. The number of ether oxygens (including phenoxy) is 1.